The van der Waals surface area contributed by atoms with Crippen LogP contribution in [0.3, 0.4) is 0 Å². The van der Waals surface area contributed by atoms with E-state index in [9.17, 15) is 9.90 Å². The average Bonchev–Trinajstić information content (AvgIpc) is 2.83. The fraction of sp³-hybridized carbons (Fsp3) is 0.667. The van der Waals surface area contributed by atoms with Crippen LogP contribution in [-0.2, 0) is 4.74 Å². The second-order valence-electron chi connectivity index (χ2n) is 4.45. The van der Waals surface area contributed by atoms with Crippen LogP contribution < -0.4 is 5.32 Å². The Balaban J connectivity index is 2.69. The number of aliphatic hydroxyl groups excluding tert-OH is 1. The van der Waals surface area contributed by atoms with E-state index in [-0.39, 0.29) is 11.7 Å². The number of nitrogens with zero attached hydrogens (tertiary/aromatic N) is 1. The molecule has 18 heavy (non-hydrogen) atoms. The number of carbonyl (C=O) groups is 1. The van der Waals surface area contributed by atoms with Crippen molar-refractivity contribution in [2.75, 3.05) is 14.2 Å². The van der Waals surface area contributed by atoms with Gasteiger partial charge in [-0.15, -0.1) is 11.3 Å². The van der Waals surface area contributed by atoms with E-state index in [1.807, 2.05) is 7.05 Å². The highest BCUT2D eigenvalue weighted by atomic mass is 32.1. The molecule has 2 N–H and O–H groups in total. The molecule has 0 unspecified atom stereocenters. The van der Waals surface area contributed by atoms with Crippen molar-refractivity contribution in [2.24, 2.45) is 5.92 Å². The Kier molecular flexibility index (Phi) is 5.71. The third-order valence-corrected chi connectivity index (χ3v) is 3.80. The van der Waals surface area contributed by atoms with Crippen molar-refractivity contribution in [1.82, 2.24) is 10.3 Å². The van der Waals surface area contributed by atoms with Crippen LogP contribution in [0, 0.1) is 5.92 Å². The number of aliphatic hydroxyl groups is 1. The topological polar surface area (TPSA) is 71.5 Å². The summed E-state index contributed by atoms with van der Waals surface area (Å²) in [6.45, 7) is 4.19. The van der Waals surface area contributed by atoms with Crippen LogP contribution in [0.2, 0.25) is 0 Å². The maximum absolute atomic E-state index is 11.3. The third kappa shape index (κ3) is 3.76. The molecule has 1 aromatic rings. The first kappa shape index (κ1) is 15.1. The molecule has 1 heterocycles. The number of thiazole rings is 1. The monoisotopic (exact) mass is 272 g/mol. The lowest BCUT2D eigenvalue weighted by atomic mass is 9.98. The van der Waals surface area contributed by atoms with Crippen LogP contribution in [0.1, 0.15) is 41.9 Å². The van der Waals surface area contributed by atoms with Crippen molar-refractivity contribution in [1.29, 1.82) is 0 Å². The fourth-order valence-electron chi connectivity index (χ4n) is 1.70. The molecule has 6 heteroatoms. The number of carbonyl (C=O) groups excluding carboxylic acids is 1. The summed E-state index contributed by atoms with van der Waals surface area (Å²) in [6.07, 6.45) is -0.0873. The average molecular weight is 272 g/mol. The van der Waals surface area contributed by atoms with Crippen LogP contribution in [0.15, 0.2) is 5.38 Å². The SMILES string of the molecule is CN[C@H](C[C@@H](O)c1nc(C(=O)OC)cs1)C(C)C. The summed E-state index contributed by atoms with van der Waals surface area (Å²) < 4.78 is 4.58. The Bertz CT molecular complexity index is 392. The van der Waals surface area contributed by atoms with Crippen molar-refractivity contribution >= 4 is 17.3 Å². The number of esters is 1. The second kappa shape index (κ2) is 6.82. The van der Waals surface area contributed by atoms with E-state index < -0.39 is 12.1 Å². The predicted octanol–water partition coefficient (Wildman–Crippen LogP) is 1.60. The molecule has 0 radical (unpaired) electrons. The van der Waals surface area contributed by atoms with Gasteiger partial charge in [-0.3, -0.25) is 0 Å². The molecule has 1 rings (SSSR count). The summed E-state index contributed by atoms with van der Waals surface area (Å²) >= 11 is 1.28. The van der Waals surface area contributed by atoms with Crippen molar-refractivity contribution in [2.45, 2.75) is 32.4 Å². The third-order valence-electron chi connectivity index (χ3n) is 2.85. The number of hydrogen-bond acceptors (Lipinski definition) is 6. The quantitative estimate of drug-likeness (QED) is 0.770. The smallest absolute Gasteiger partial charge is 0.357 e. The van der Waals surface area contributed by atoms with Gasteiger partial charge in [0.25, 0.3) is 0 Å². The van der Waals surface area contributed by atoms with Gasteiger partial charge in [0.1, 0.15) is 11.1 Å². The fourth-order valence-corrected chi connectivity index (χ4v) is 2.49. The zero-order valence-electron chi connectivity index (χ0n) is 11.1. The first-order valence-electron chi connectivity index (χ1n) is 5.88. The van der Waals surface area contributed by atoms with Gasteiger partial charge in [-0.05, 0) is 19.4 Å². The molecule has 0 aliphatic carbocycles. The number of rotatable bonds is 6. The van der Waals surface area contributed by atoms with E-state index in [0.29, 0.717) is 17.3 Å². The van der Waals surface area contributed by atoms with Gasteiger partial charge in [0.05, 0.1) is 7.11 Å². The molecule has 2 atom stereocenters. The molecule has 102 valence electrons. The zero-order chi connectivity index (χ0) is 13.7. The Morgan fingerprint density at radius 3 is 2.78 bits per heavy atom. The Hall–Kier alpha value is -0.980. The molecule has 0 aliphatic heterocycles. The van der Waals surface area contributed by atoms with Gasteiger partial charge >= 0.3 is 5.97 Å². The Morgan fingerprint density at radius 1 is 1.61 bits per heavy atom. The highest BCUT2D eigenvalue weighted by Crippen LogP contribution is 2.24. The number of ether oxygens (including phenoxy) is 1. The number of methoxy groups -OCH3 is 1. The predicted molar refractivity (Wildman–Crippen MR) is 70.7 cm³/mol. The Morgan fingerprint density at radius 2 is 2.28 bits per heavy atom. The first-order valence-corrected chi connectivity index (χ1v) is 6.76. The largest absolute Gasteiger partial charge is 0.464 e. The van der Waals surface area contributed by atoms with Crippen LogP contribution >= 0.6 is 11.3 Å². The lowest BCUT2D eigenvalue weighted by molar-refractivity contribution is 0.0594. The zero-order valence-corrected chi connectivity index (χ0v) is 12.0. The van der Waals surface area contributed by atoms with Crippen LogP contribution in [0.5, 0.6) is 0 Å². The van der Waals surface area contributed by atoms with Crippen LogP contribution in [-0.4, -0.2) is 36.3 Å². The molecule has 0 fully saturated rings. The van der Waals surface area contributed by atoms with Crippen LogP contribution in [0.25, 0.3) is 0 Å². The van der Waals surface area contributed by atoms with Gasteiger partial charge in [0.15, 0.2) is 5.69 Å². The molecule has 0 saturated heterocycles. The molecule has 0 bridgehead atoms. The summed E-state index contributed by atoms with van der Waals surface area (Å²) in [4.78, 5) is 15.4. The standard InChI is InChI=1S/C12H20N2O3S/c1-7(2)8(13-3)5-10(15)11-14-9(6-18-11)12(16)17-4/h6-8,10,13,15H,5H2,1-4H3/t8-,10-/m1/s1. The molecule has 0 aliphatic rings. The highest BCUT2D eigenvalue weighted by Gasteiger charge is 2.21. The van der Waals surface area contributed by atoms with Crippen molar-refractivity contribution in [3.8, 4) is 0 Å². The summed E-state index contributed by atoms with van der Waals surface area (Å²) in [5.74, 6) is -0.0524. The maximum atomic E-state index is 11.3. The molecule has 0 spiro atoms. The van der Waals surface area contributed by atoms with Crippen molar-refractivity contribution in [3.05, 3.63) is 16.1 Å². The molecule has 0 amide bonds. The number of aromatic nitrogens is 1. The van der Waals surface area contributed by atoms with Crippen molar-refractivity contribution in [3.63, 3.8) is 0 Å². The molecule has 5 nitrogen and oxygen atoms in total. The summed E-state index contributed by atoms with van der Waals surface area (Å²) in [5.41, 5.74) is 0.252. The van der Waals surface area contributed by atoms with E-state index >= 15 is 0 Å². The lowest BCUT2D eigenvalue weighted by Gasteiger charge is -2.22. The molecule has 0 aromatic carbocycles. The summed E-state index contributed by atoms with van der Waals surface area (Å²) in [5, 5.41) is 15.4. The normalized spacial score (nSPS) is 14.6. The van der Waals surface area contributed by atoms with E-state index in [2.05, 4.69) is 28.9 Å². The van der Waals surface area contributed by atoms with E-state index in [4.69, 9.17) is 0 Å². The van der Waals surface area contributed by atoms with Gasteiger partial charge in [-0.2, -0.15) is 0 Å². The van der Waals surface area contributed by atoms with Gasteiger partial charge in [0, 0.05) is 11.4 Å². The first-order chi connectivity index (χ1) is 8.49. The minimum absolute atomic E-state index is 0.213. The number of nitrogens with one attached hydrogen (secondary N) is 1. The molecular weight excluding hydrogens is 252 g/mol. The van der Waals surface area contributed by atoms with Crippen LogP contribution in [0.4, 0.5) is 0 Å². The van der Waals surface area contributed by atoms with Gasteiger partial charge in [0.2, 0.25) is 0 Å². The molecule has 0 saturated carbocycles. The van der Waals surface area contributed by atoms with Gasteiger partial charge < -0.3 is 15.2 Å². The molecule has 1 aromatic heterocycles. The van der Waals surface area contributed by atoms with Gasteiger partial charge in [-0.25, -0.2) is 9.78 Å². The Labute approximate surface area is 111 Å². The van der Waals surface area contributed by atoms with E-state index in [1.165, 1.54) is 18.4 Å². The minimum Gasteiger partial charge on any atom is -0.464 e. The molecular formula is C12H20N2O3S. The summed E-state index contributed by atoms with van der Waals surface area (Å²) in [7, 11) is 3.19. The maximum Gasteiger partial charge on any atom is 0.357 e. The van der Waals surface area contributed by atoms with E-state index in [1.54, 1.807) is 5.38 Å². The minimum atomic E-state index is -0.659. The number of hydrogen-bond donors (Lipinski definition) is 2. The summed E-state index contributed by atoms with van der Waals surface area (Å²) in [6, 6.07) is 0.213. The second-order valence-corrected chi connectivity index (χ2v) is 5.34. The van der Waals surface area contributed by atoms with Gasteiger partial charge in [-0.1, -0.05) is 13.8 Å². The lowest BCUT2D eigenvalue weighted by Crippen LogP contribution is -2.32. The highest BCUT2D eigenvalue weighted by molar-refractivity contribution is 7.09. The van der Waals surface area contributed by atoms with E-state index in [0.717, 1.165) is 0 Å². The van der Waals surface area contributed by atoms with Crippen molar-refractivity contribution < 1.29 is 14.6 Å².